The predicted octanol–water partition coefficient (Wildman–Crippen LogP) is 4.06. The first-order valence-electron chi connectivity index (χ1n) is 9.21. The molecule has 5 nitrogen and oxygen atoms in total. The van der Waals surface area contributed by atoms with Crippen LogP contribution < -0.4 is 0 Å². The number of rotatable bonds is 5. The lowest BCUT2D eigenvalue weighted by molar-refractivity contribution is -0.150. The van der Waals surface area contributed by atoms with Gasteiger partial charge in [0.05, 0.1) is 17.2 Å². The number of esters is 1. The Morgan fingerprint density at radius 1 is 1.00 bits per heavy atom. The zero-order valence-corrected chi connectivity index (χ0v) is 17.1. The number of benzene rings is 2. The zero-order chi connectivity index (χ0) is 20.1. The summed E-state index contributed by atoms with van der Waals surface area (Å²) < 4.78 is 5.29. The molecule has 1 amide bonds. The predicted molar refractivity (Wildman–Crippen MR) is 110 cm³/mol. The van der Waals surface area contributed by atoms with Crippen LogP contribution in [0.3, 0.4) is 0 Å². The van der Waals surface area contributed by atoms with Gasteiger partial charge in [-0.05, 0) is 36.8 Å². The van der Waals surface area contributed by atoms with Crippen molar-refractivity contribution >= 4 is 35.1 Å². The van der Waals surface area contributed by atoms with Gasteiger partial charge in [-0.25, -0.2) is 4.79 Å². The Hall–Kier alpha value is -2.08. The van der Waals surface area contributed by atoms with Gasteiger partial charge in [-0.3, -0.25) is 9.69 Å². The Labute approximate surface area is 174 Å². The normalized spacial score (nSPS) is 15.9. The highest BCUT2D eigenvalue weighted by Gasteiger charge is 2.33. The maximum Gasteiger partial charge on any atom is 0.328 e. The summed E-state index contributed by atoms with van der Waals surface area (Å²) in [5.74, 6) is -0.389. The van der Waals surface area contributed by atoms with Crippen molar-refractivity contribution in [3.63, 3.8) is 0 Å². The molecule has 2 aromatic carbocycles. The van der Waals surface area contributed by atoms with E-state index in [0.717, 1.165) is 5.56 Å². The SMILES string of the molecule is CCOC(=O)[C@H](c1ccc(Cl)cc1)N1CCN(C(=O)c2ccccc2Cl)CC1. The minimum atomic E-state index is -0.519. The van der Waals surface area contributed by atoms with Gasteiger partial charge in [-0.2, -0.15) is 0 Å². The molecule has 0 radical (unpaired) electrons. The van der Waals surface area contributed by atoms with Crippen molar-refractivity contribution in [1.82, 2.24) is 9.80 Å². The second kappa shape index (κ2) is 9.41. The number of ether oxygens (including phenoxy) is 1. The first-order chi connectivity index (χ1) is 13.5. The summed E-state index contributed by atoms with van der Waals surface area (Å²) in [5.41, 5.74) is 1.32. The molecule has 2 aromatic rings. The van der Waals surface area contributed by atoms with E-state index in [1.165, 1.54) is 0 Å². The minimum Gasteiger partial charge on any atom is -0.465 e. The molecule has 1 fully saturated rings. The maximum absolute atomic E-state index is 12.8. The smallest absolute Gasteiger partial charge is 0.328 e. The van der Waals surface area contributed by atoms with Crippen LogP contribution in [0.4, 0.5) is 0 Å². The summed E-state index contributed by atoms with van der Waals surface area (Å²) in [7, 11) is 0. The van der Waals surface area contributed by atoms with Crippen molar-refractivity contribution in [1.29, 1.82) is 0 Å². The number of carbonyl (C=O) groups is 2. The Morgan fingerprint density at radius 3 is 2.25 bits per heavy atom. The fourth-order valence-electron chi connectivity index (χ4n) is 3.35. The molecule has 0 N–H and O–H groups in total. The van der Waals surface area contributed by atoms with Crippen molar-refractivity contribution < 1.29 is 14.3 Å². The van der Waals surface area contributed by atoms with E-state index >= 15 is 0 Å². The van der Waals surface area contributed by atoms with Crippen LogP contribution >= 0.6 is 23.2 Å². The molecule has 148 valence electrons. The molecule has 0 aromatic heterocycles. The number of piperazine rings is 1. The monoisotopic (exact) mass is 420 g/mol. The first kappa shape index (κ1) is 20.6. The molecule has 0 unspecified atom stereocenters. The molecule has 0 aliphatic carbocycles. The number of hydrogen-bond acceptors (Lipinski definition) is 4. The van der Waals surface area contributed by atoms with Gasteiger partial charge in [0.1, 0.15) is 6.04 Å². The van der Waals surface area contributed by atoms with E-state index in [-0.39, 0.29) is 11.9 Å². The molecule has 0 saturated carbocycles. The molecular weight excluding hydrogens is 399 g/mol. The van der Waals surface area contributed by atoms with Crippen LogP contribution in [-0.4, -0.2) is 54.5 Å². The lowest BCUT2D eigenvalue weighted by Crippen LogP contribution is -2.51. The molecule has 0 spiro atoms. The number of amides is 1. The van der Waals surface area contributed by atoms with E-state index in [9.17, 15) is 9.59 Å². The molecule has 7 heteroatoms. The quantitative estimate of drug-likeness (QED) is 0.684. The van der Waals surface area contributed by atoms with Gasteiger partial charge in [0.2, 0.25) is 0 Å². The van der Waals surface area contributed by atoms with Crippen LogP contribution in [0.5, 0.6) is 0 Å². The molecule has 0 bridgehead atoms. The van der Waals surface area contributed by atoms with Gasteiger partial charge in [-0.15, -0.1) is 0 Å². The molecule has 28 heavy (non-hydrogen) atoms. The average molecular weight is 421 g/mol. The average Bonchev–Trinajstić information content (AvgIpc) is 2.70. The van der Waals surface area contributed by atoms with E-state index in [0.29, 0.717) is 48.4 Å². The van der Waals surface area contributed by atoms with Gasteiger partial charge in [-0.1, -0.05) is 47.5 Å². The number of hydrogen-bond donors (Lipinski definition) is 0. The van der Waals surface area contributed by atoms with Crippen molar-refractivity contribution in [2.75, 3.05) is 32.8 Å². The highest BCUT2D eigenvalue weighted by Crippen LogP contribution is 2.26. The van der Waals surface area contributed by atoms with E-state index in [1.54, 1.807) is 48.2 Å². The van der Waals surface area contributed by atoms with Gasteiger partial charge in [0.15, 0.2) is 0 Å². The fraction of sp³-hybridized carbons (Fsp3) is 0.333. The summed E-state index contributed by atoms with van der Waals surface area (Å²) in [5, 5.41) is 1.06. The number of carbonyl (C=O) groups excluding carboxylic acids is 2. The molecule has 3 rings (SSSR count). The van der Waals surface area contributed by atoms with E-state index in [1.807, 2.05) is 17.0 Å². The van der Waals surface area contributed by atoms with Crippen LogP contribution in [0.15, 0.2) is 48.5 Å². The van der Waals surface area contributed by atoms with E-state index < -0.39 is 6.04 Å². The Balaban J connectivity index is 1.73. The number of nitrogens with zero attached hydrogens (tertiary/aromatic N) is 2. The molecule has 1 aliphatic rings. The summed E-state index contributed by atoms with van der Waals surface area (Å²) in [6, 6.07) is 13.7. The van der Waals surface area contributed by atoms with E-state index in [4.69, 9.17) is 27.9 Å². The topological polar surface area (TPSA) is 49.9 Å². The van der Waals surface area contributed by atoms with Gasteiger partial charge >= 0.3 is 5.97 Å². The molecule has 1 atom stereocenters. The molecule has 1 saturated heterocycles. The largest absolute Gasteiger partial charge is 0.465 e. The lowest BCUT2D eigenvalue weighted by atomic mass is 10.0. The maximum atomic E-state index is 12.8. The molecule has 1 aliphatic heterocycles. The summed E-state index contributed by atoms with van der Waals surface area (Å²) in [4.78, 5) is 29.2. The third-order valence-electron chi connectivity index (χ3n) is 4.77. The number of halogens is 2. The van der Waals surface area contributed by atoms with Gasteiger partial charge < -0.3 is 9.64 Å². The van der Waals surface area contributed by atoms with Crippen LogP contribution in [0.25, 0.3) is 0 Å². The van der Waals surface area contributed by atoms with Crippen LogP contribution in [-0.2, 0) is 9.53 Å². The standard InChI is InChI=1S/C21H22Cl2N2O3/c1-2-28-21(27)19(15-7-9-16(22)10-8-15)24-11-13-25(14-12-24)20(26)17-5-3-4-6-18(17)23/h3-10,19H,2,11-14H2,1H3/t19-/m0/s1. The lowest BCUT2D eigenvalue weighted by Gasteiger charge is -2.38. The summed E-state index contributed by atoms with van der Waals surface area (Å²) in [6.45, 7) is 4.23. The molecular formula is C21H22Cl2N2O3. The van der Waals surface area contributed by atoms with Gasteiger partial charge in [0, 0.05) is 31.2 Å². The van der Waals surface area contributed by atoms with Crippen molar-refractivity contribution in [2.24, 2.45) is 0 Å². The van der Waals surface area contributed by atoms with Crippen LogP contribution in [0.2, 0.25) is 10.0 Å². The third kappa shape index (κ3) is 4.66. The van der Waals surface area contributed by atoms with Crippen LogP contribution in [0, 0.1) is 0 Å². The van der Waals surface area contributed by atoms with Gasteiger partial charge in [0.25, 0.3) is 5.91 Å². The minimum absolute atomic E-state index is 0.0931. The fourth-order valence-corrected chi connectivity index (χ4v) is 3.69. The summed E-state index contributed by atoms with van der Waals surface area (Å²) >= 11 is 12.1. The van der Waals surface area contributed by atoms with Crippen molar-refractivity contribution in [3.05, 3.63) is 69.7 Å². The highest BCUT2D eigenvalue weighted by molar-refractivity contribution is 6.33. The van der Waals surface area contributed by atoms with Crippen molar-refractivity contribution in [3.8, 4) is 0 Å². The first-order valence-corrected chi connectivity index (χ1v) is 9.96. The summed E-state index contributed by atoms with van der Waals surface area (Å²) in [6.07, 6.45) is 0. The molecule has 1 heterocycles. The van der Waals surface area contributed by atoms with Crippen molar-refractivity contribution in [2.45, 2.75) is 13.0 Å². The Bertz CT molecular complexity index is 834. The van der Waals surface area contributed by atoms with E-state index in [2.05, 4.69) is 0 Å². The second-order valence-electron chi connectivity index (χ2n) is 6.51. The van der Waals surface area contributed by atoms with Crippen LogP contribution in [0.1, 0.15) is 28.9 Å². The zero-order valence-electron chi connectivity index (χ0n) is 15.6. The Morgan fingerprint density at radius 2 is 1.64 bits per heavy atom. The highest BCUT2D eigenvalue weighted by atomic mass is 35.5. The second-order valence-corrected chi connectivity index (χ2v) is 7.36. The Kier molecular flexibility index (Phi) is 6.94. The third-order valence-corrected chi connectivity index (χ3v) is 5.35.